The molecule has 1 heteroatoms. The average molecular weight is 371 g/mol. The van der Waals surface area contributed by atoms with Gasteiger partial charge in [-0.25, -0.2) is 0 Å². The molecule has 1 aliphatic rings. The maximum Gasteiger partial charge on any atom is 0.140 e. The number of carbonyl (C=O) groups is 1. The Morgan fingerprint density at radius 1 is 1.04 bits per heavy atom. The lowest BCUT2D eigenvalue weighted by molar-refractivity contribution is -0.122. The van der Waals surface area contributed by atoms with Crippen LogP contribution in [0.4, 0.5) is 0 Å². The molecule has 0 N–H and O–H groups in total. The number of benzene rings is 2. The van der Waals surface area contributed by atoms with Crippen molar-refractivity contribution in [1.29, 1.82) is 0 Å². The lowest BCUT2D eigenvalue weighted by Gasteiger charge is -2.38. The van der Waals surface area contributed by atoms with E-state index >= 15 is 0 Å². The fourth-order valence-corrected chi connectivity index (χ4v) is 4.27. The minimum absolute atomic E-state index is 0.265. The van der Waals surface area contributed by atoms with Crippen molar-refractivity contribution in [1.82, 2.24) is 0 Å². The Balaban J connectivity index is 1.96. The van der Waals surface area contributed by atoms with Crippen molar-refractivity contribution in [2.75, 3.05) is 0 Å². The highest BCUT2D eigenvalue weighted by Crippen LogP contribution is 2.44. The van der Waals surface area contributed by atoms with E-state index in [4.69, 9.17) is 0 Å². The Bertz CT molecular complexity index is 959. The number of Topliss-reactive ketones (excluding diaryl/α,β-unsaturated/α-hetero) is 1. The number of rotatable bonds is 5. The van der Waals surface area contributed by atoms with Gasteiger partial charge in [-0.2, -0.15) is 0 Å². The second kappa shape index (κ2) is 8.14. The van der Waals surface area contributed by atoms with Gasteiger partial charge in [-0.05, 0) is 80.4 Å². The van der Waals surface area contributed by atoms with E-state index in [9.17, 15) is 4.79 Å². The Hall–Kier alpha value is -2.67. The van der Waals surface area contributed by atoms with E-state index in [1.807, 2.05) is 18.2 Å². The Kier molecular flexibility index (Phi) is 5.84. The van der Waals surface area contributed by atoms with Crippen LogP contribution in [0.5, 0.6) is 0 Å². The largest absolute Gasteiger partial charge is 0.299 e. The zero-order valence-electron chi connectivity index (χ0n) is 17.5. The molecule has 0 saturated carbocycles. The first-order valence-electron chi connectivity index (χ1n) is 10.0. The summed E-state index contributed by atoms with van der Waals surface area (Å²) in [6.07, 6.45) is 6.86. The van der Waals surface area contributed by atoms with Crippen LogP contribution in [0.2, 0.25) is 0 Å². The van der Waals surface area contributed by atoms with Gasteiger partial charge in [0.2, 0.25) is 0 Å². The second-order valence-corrected chi connectivity index (χ2v) is 8.09. The van der Waals surface area contributed by atoms with Crippen LogP contribution in [0.25, 0.3) is 5.57 Å². The SMILES string of the molecule is C=C(/C=C\C1=C(C)CCC(C(C)=O)(c2cccc(C)c2C)C1)c1ccccc1. The molecule has 1 nitrogen and oxygen atoms in total. The van der Waals surface area contributed by atoms with Crippen LogP contribution >= 0.6 is 0 Å². The summed E-state index contributed by atoms with van der Waals surface area (Å²) in [4.78, 5) is 12.9. The summed E-state index contributed by atoms with van der Waals surface area (Å²) in [5.41, 5.74) is 8.02. The molecule has 144 valence electrons. The molecule has 0 heterocycles. The number of allylic oxidation sites excluding steroid dienone is 5. The Labute approximate surface area is 169 Å². The molecule has 0 fully saturated rings. The molecule has 1 atom stereocenters. The molecule has 0 amide bonds. The smallest absolute Gasteiger partial charge is 0.140 e. The van der Waals surface area contributed by atoms with Crippen LogP contribution in [0, 0.1) is 13.8 Å². The normalized spacial score (nSPS) is 19.9. The first-order chi connectivity index (χ1) is 13.3. The van der Waals surface area contributed by atoms with Crippen LogP contribution in [0.1, 0.15) is 55.4 Å². The summed E-state index contributed by atoms with van der Waals surface area (Å²) >= 11 is 0. The van der Waals surface area contributed by atoms with E-state index in [0.717, 1.165) is 30.4 Å². The van der Waals surface area contributed by atoms with Gasteiger partial charge in [-0.3, -0.25) is 4.79 Å². The van der Waals surface area contributed by atoms with Crippen molar-refractivity contribution < 1.29 is 4.79 Å². The van der Waals surface area contributed by atoms with Crippen LogP contribution < -0.4 is 0 Å². The lowest BCUT2D eigenvalue weighted by Crippen LogP contribution is -2.37. The second-order valence-electron chi connectivity index (χ2n) is 8.09. The average Bonchev–Trinajstić information content (AvgIpc) is 2.70. The first-order valence-corrected chi connectivity index (χ1v) is 10.0. The minimum Gasteiger partial charge on any atom is -0.299 e. The third-order valence-corrected chi connectivity index (χ3v) is 6.39. The molecule has 3 rings (SSSR count). The summed E-state index contributed by atoms with van der Waals surface area (Å²) in [7, 11) is 0. The van der Waals surface area contributed by atoms with Gasteiger partial charge in [0.25, 0.3) is 0 Å². The number of hydrogen-bond donors (Lipinski definition) is 0. The quantitative estimate of drug-likeness (QED) is 0.523. The van der Waals surface area contributed by atoms with Gasteiger partial charge in [0.15, 0.2) is 0 Å². The van der Waals surface area contributed by atoms with E-state index < -0.39 is 5.41 Å². The van der Waals surface area contributed by atoms with Crippen molar-refractivity contribution in [2.45, 2.75) is 52.4 Å². The highest BCUT2D eigenvalue weighted by Gasteiger charge is 2.41. The molecule has 1 aliphatic carbocycles. The Morgan fingerprint density at radius 2 is 1.75 bits per heavy atom. The van der Waals surface area contributed by atoms with E-state index in [2.05, 4.69) is 69.8 Å². The maximum atomic E-state index is 12.9. The standard InChI is InChI=1S/C27H30O/c1-19-10-9-13-26(22(19)4)27(23(5)28)17-16-21(3)25(18-27)15-14-20(2)24-11-7-6-8-12-24/h6-15H,2,16-18H2,1,3-5H3/b15-14-. The molecular formula is C27H30O. The predicted octanol–water partition coefficient (Wildman–Crippen LogP) is 6.90. The molecule has 0 spiro atoms. The zero-order valence-corrected chi connectivity index (χ0v) is 17.5. The minimum atomic E-state index is -0.427. The molecular weight excluding hydrogens is 340 g/mol. The van der Waals surface area contributed by atoms with Gasteiger partial charge < -0.3 is 0 Å². The number of carbonyl (C=O) groups excluding carboxylic acids is 1. The number of hydrogen-bond acceptors (Lipinski definition) is 1. The molecule has 28 heavy (non-hydrogen) atoms. The molecule has 0 saturated heterocycles. The topological polar surface area (TPSA) is 17.1 Å². The molecule has 0 aromatic heterocycles. The maximum absolute atomic E-state index is 12.9. The van der Waals surface area contributed by atoms with Crippen LogP contribution in [0.15, 0.2) is 78.4 Å². The van der Waals surface area contributed by atoms with Gasteiger partial charge in [0, 0.05) is 0 Å². The third-order valence-electron chi connectivity index (χ3n) is 6.39. The van der Waals surface area contributed by atoms with Crippen molar-refractivity contribution in [3.8, 4) is 0 Å². The summed E-state index contributed by atoms with van der Waals surface area (Å²) in [6, 6.07) is 16.6. The van der Waals surface area contributed by atoms with E-state index in [1.165, 1.54) is 27.8 Å². The van der Waals surface area contributed by atoms with Gasteiger partial charge in [-0.15, -0.1) is 0 Å². The monoisotopic (exact) mass is 370 g/mol. The highest BCUT2D eigenvalue weighted by atomic mass is 16.1. The van der Waals surface area contributed by atoms with Gasteiger partial charge >= 0.3 is 0 Å². The van der Waals surface area contributed by atoms with E-state index in [0.29, 0.717) is 0 Å². The zero-order chi connectivity index (χ0) is 20.3. The van der Waals surface area contributed by atoms with Crippen LogP contribution in [-0.4, -0.2) is 5.78 Å². The van der Waals surface area contributed by atoms with Gasteiger partial charge in [-0.1, -0.05) is 72.8 Å². The van der Waals surface area contributed by atoms with Crippen molar-refractivity contribution >= 4 is 11.4 Å². The number of aryl methyl sites for hydroxylation is 1. The fourth-order valence-electron chi connectivity index (χ4n) is 4.27. The molecule has 0 bridgehead atoms. The molecule has 0 radical (unpaired) electrons. The summed E-state index contributed by atoms with van der Waals surface area (Å²) in [5.74, 6) is 0.265. The number of ketones is 1. The lowest BCUT2D eigenvalue weighted by atomic mass is 9.64. The predicted molar refractivity (Wildman–Crippen MR) is 119 cm³/mol. The van der Waals surface area contributed by atoms with E-state index in [-0.39, 0.29) is 5.78 Å². The fraction of sp³-hybridized carbons (Fsp3) is 0.296. The molecule has 1 unspecified atom stereocenters. The molecule has 2 aromatic rings. The van der Waals surface area contributed by atoms with Crippen LogP contribution in [-0.2, 0) is 10.2 Å². The van der Waals surface area contributed by atoms with Crippen molar-refractivity contribution in [3.63, 3.8) is 0 Å². The van der Waals surface area contributed by atoms with Gasteiger partial charge in [0.1, 0.15) is 5.78 Å². The summed E-state index contributed by atoms with van der Waals surface area (Å²) < 4.78 is 0. The Morgan fingerprint density at radius 3 is 2.43 bits per heavy atom. The molecule has 2 aromatic carbocycles. The highest BCUT2D eigenvalue weighted by molar-refractivity contribution is 5.89. The van der Waals surface area contributed by atoms with E-state index in [1.54, 1.807) is 6.92 Å². The van der Waals surface area contributed by atoms with Crippen LogP contribution in [0.3, 0.4) is 0 Å². The summed E-state index contributed by atoms with van der Waals surface area (Å²) in [5, 5.41) is 0. The summed E-state index contributed by atoms with van der Waals surface area (Å²) in [6.45, 7) is 12.4. The van der Waals surface area contributed by atoms with Crippen molar-refractivity contribution in [2.24, 2.45) is 0 Å². The van der Waals surface area contributed by atoms with Gasteiger partial charge in [0.05, 0.1) is 5.41 Å². The molecule has 0 aliphatic heterocycles. The third kappa shape index (κ3) is 3.80. The van der Waals surface area contributed by atoms with Crippen molar-refractivity contribution in [3.05, 3.63) is 101 Å². The first kappa shape index (κ1) is 20.1.